The van der Waals surface area contributed by atoms with Crippen LogP contribution in [0.1, 0.15) is 5.56 Å². The maximum atomic E-state index is 12.2. The van der Waals surface area contributed by atoms with Crippen LogP contribution in [-0.2, 0) is 17.1 Å². The summed E-state index contributed by atoms with van der Waals surface area (Å²) in [5.41, 5.74) is 5.90. The number of halogens is 1. The summed E-state index contributed by atoms with van der Waals surface area (Å²) in [6.45, 7) is 0. The molecule has 1 heterocycles. The van der Waals surface area contributed by atoms with E-state index in [1.54, 1.807) is 7.05 Å². The summed E-state index contributed by atoms with van der Waals surface area (Å²) in [6.07, 6.45) is 2.56. The third-order valence-electron chi connectivity index (χ3n) is 2.61. The second-order valence-corrected chi connectivity index (χ2v) is 6.22. The van der Waals surface area contributed by atoms with Crippen LogP contribution in [0.4, 0.5) is 5.69 Å². The molecule has 0 radical (unpaired) electrons. The van der Waals surface area contributed by atoms with E-state index in [0.717, 1.165) is 0 Å². The average molecular weight is 330 g/mol. The van der Waals surface area contributed by atoms with E-state index in [4.69, 9.17) is 22.5 Å². The number of hydrogen-bond acceptors (Lipinski definition) is 5. The monoisotopic (exact) mass is 329 g/mol. The van der Waals surface area contributed by atoms with Crippen LogP contribution in [0.3, 0.4) is 0 Å². The van der Waals surface area contributed by atoms with E-state index >= 15 is 0 Å². The molecule has 2 rings (SSSR count). The lowest BCUT2D eigenvalue weighted by atomic mass is 10.2. The molecule has 10 heteroatoms. The zero-order valence-corrected chi connectivity index (χ0v) is 12.4. The van der Waals surface area contributed by atoms with Crippen LogP contribution < -0.4 is 10.5 Å². The summed E-state index contributed by atoms with van der Waals surface area (Å²) >= 11 is 5.95. The molecule has 112 valence electrons. The Labute approximate surface area is 125 Å². The quantitative estimate of drug-likeness (QED) is 0.334. The molecule has 0 bridgehead atoms. The largest absolute Gasteiger partial charge is 0.409 e. The third-order valence-corrected chi connectivity index (χ3v) is 4.26. The molecule has 4 N–H and O–H groups in total. The van der Waals surface area contributed by atoms with Gasteiger partial charge in [0.15, 0.2) is 5.84 Å². The maximum Gasteiger partial charge on any atom is 0.265 e. The smallest absolute Gasteiger partial charge is 0.265 e. The number of nitrogens with one attached hydrogen (secondary N) is 1. The summed E-state index contributed by atoms with van der Waals surface area (Å²) in [4.78, 5) is -0.00438. The number of nitrogens with zero attached hydrogens (tertiary/aromatic N) is 3. The fourth-order valence-electron chi connectivity index (χ4n) is 1.56. The number of rotatable bonds is 4. The normalized spacial score (nSPS) is 12.4. The number of aromatic nitrogens is 2. The predicted molar refractivity (Wildman–Crippen MR) is 78.0 cm³/mol. The minimum atomic E-state index is -3.83. The van der Waals surface area contributed by atoms with Gasteiger partial charge in [0.2, 0.25) is 0 Å². The molecule has 0 atom stereocenters. The highest BCUT2D eigenvalue weighted by Gasteiger charge is 2.18. The lowest BCUT2D eigenvalue weighted by Crippen LogP contribution is -2.16. The maximum absolute atomic E-state index is 12.2. The van der Waals surface area contributed by atoms with Gasteiger partial charge in [0, 0.05) is 18.8 Å². The number of hydrogen-bond donors (Lipinski definition) is 3. The Hall–Kier alpha value is -2.26. The second-order valence-electron chi connectivity index (χ2n) is 4.14. The van der Waals surface area contributed by atoms with Gasteiger partial charge in [0.25, 0.3) is 10.0 Å². The van der Waals surface area contributed by atoms with Crippen LogP contribution in [0.2, 0.25) is 5.02 Å². The summed E-state index contributed by atoms with van der Waals surface area (Å²) in [5.74, 6) is -0.159. The molecule has 0 spiro atoms. The van der Waals surface area contributed by atoms with Gasteiger partial charge >= 0.3 is 0 Å². The predicted octanol–water partition coefficient (Wildman–Crippen LogP) is 0.969. The van der Waals surface area contributed by atoms with E-state index in [0.29, 0.717) is 5.56 Å². The van der Waals surface area contributed by atoms with E-state index in [1.807, 2.05) is 0 Å². The van der Waals surface area contributed by atoms with Crippen molar-refractivity contribution in [2.75, 3.05) is 4.72 Å². The molecule has 1 aromatic heterocycles. The Kier molecular flexibility index (Phi) is 4.05. The van der Waals surface area contributed by atoms with Crippen LogP contribution in [-0.4, -0.2) is 29.2 Å². The first-order valence-corrected chi connectivity index (χ1v) is 7.48. The Morgan fingerprint density at radius 1 is 1.52 bits per heavy atom. The molecule has 21 heavy (non-hydrogen) atoms. The Balaban J connectivity index is 2.39. The van der Waals surface area contributed by atoms with Crippen molar-refractivity contribution in [1.29, 1.82) is 0 Å². The Morgan fingerprint density at radius 3 is 2.81 bits per heavy atom. The molecule has 2 aromatic rings. The van der Waals surface area contributed by atoms with Crippen LogP contribution in [0.25, 0.3) is 0 Å². The van der Waals surface area contributed by atoms with Crippen LogP contribution in [0.15, 0.2) is 40.6 Å². The van der Waals surface area contributed by atoms with E-state index < -0.39 is 10.0 Å². The molecule has 1 aromatic carbocycles. The number of anilines is 1. The molecule has 0 fully saturated rings. The highest BCUT2D eigenvalue weighted by Crippen LogP contribution is 2.25. The zero-order valence-electron chi connectivity index (χ0n) is 10.9. The lowest BCUT2D eigenvalue weighted by Gasteiger charge is -2.09. The molecule has 0 aliphatic carbocycles. The van der Waals surface area contributed by atoms with E-state index in [1.165, 1.54) is 35.3 Å². The molecule has 0 aliphatic rings. The molecule has 8 nitrogen and oxygen atoms in total. The van der Waals surface area contributed by atoms with Gasteiger partial charge in [0.1, 0.15) is 4.90 Å². The minimum absolute atomic E-state index is 0.00438. The van der Waals surface area contributed by atoms with Gasteiger partial charge in [0.05, 0.1) is 16.9 Å². The number of oxime groups is 1. The fourth-order valence-corrected chi connectivity index (χ4v) is 2.84. The fraction of sp³-hybridized carbons (Fsp3) is 0.0909. The molecular weight excluding hydrogens is 318 g/mol. The first-order chi connectivity index (χ1) is 9.83. The van der Waals surface area contributed by atoms with E-state index in [-0.39, 0.29) is 21.4 Å². The molecule has 0 aliphatic heterocycles. The minimum Gasteiger partial charge on any atom is -0.409 e. The molecule has 0 saturated carbocycles. The van der Waals surface area contributed by atoms with Gasteiger partial charge in [-0.05, 0) is 18.2 Å². The van der Waals surface area contributed by atoms with Crippen molar-refractivity contribution in [3.63, 3.8) is 0 Å². The molecule has 0 amide bonds. The first-order valence-electron chi connectivity index (χ1n) is 5.62. The number of nitrogens with two attached hydrogens (primary N) is 1. The SMILES string of the molecule is Cn1cc(S(=O)(=O)Nc2cc(/C(N)=N/O)ccc2Cl)cn1. The standard InChI is InChI=1S/C11H12ClN5O3S/c1-17-6-8(5-14-17)21(19,20)16-10-4-7(11(13)15-18)2-3-9(10)12/h2-6,16,18H,1H3,(H2,13,15). The van der Waals surface area contributed by atoms with Gasteiger partial charge in [-0.15, -0.1) is 0 Å². The van der Waals surface area contributed by atoms with Gasteiger partial charge in [-0.25, -0.2) is 8.42 Å². The van der Waals surface area contributed by atoms with Gasteiger partial charge in [-0.2, -0.15) is 5.10 Å². The summed E-state index contributed by atoms with van der Waals surface area (Å²) in [7, 11) is -2.22. The van der Waals surface area contributed by atoms with E-state index in [2.05, 4.69) is 15.0 Å². The van der Waals surface area contributed by atoms with Gasteiger partial charge in [-0.1, -0.05) is 16.8 Å². The van der Waals surface area contributed by atoms with Crippen LogP contribution >= 0.6 is 11.6 Å². The lowest BCUT2D eigenvalue weighted by molar-refractivity contribution is 0.318. The summed E-state index contributed by atoms with van der Waals surface area (Å²) in [5, 5.41) is 15.5. The summed E-state index contributed by atoms with van der Waals surface area (Å²) < 4.78 is 28.1. The van der Waals surface area contributed by atoms with Crippen molar-refractivity contribution in [1.82, 2.24) is 9.78 Å². The summed E-state index contributed by atoms with van der Waals surface area (Å²) in [6, 6.07) is 4.31. The van der Waals surface area contributed by atoms with Gasteiger partial charge < -0.3 is 10.9 Å². The van der Waals surface area contributed by atoms with Crippen molar-refractivity contribution in [3.05, 3.63) is 41.2 Å². The molecule has 0 saturated heterocycles. The Morgan fingerprint density at radius 2 is 2.24 bits per heavy atom. The Bertz CT molecular complexity index is 800. The van der Waals surface area contributed by atoms with Crippen molar-refractivity contribution in [2.24, 2.45) is 17.9 Å². The first kappa shape index (κ1) is 15.1. The number of amidine groups is 1. The van der Waals surface area contributed by atoms with Crippen molar-refractivity contribution < 1.29 is 13.6 Å². The van der Waals surface area contributed by atoms with Crippen molar-refractivity contribution >= 4 is 33.1 Å². The average Bonchev–Trinajstić information content (AvgIpc) is 2.87. The highest BCUT2D eigenvalue weighted by atomic mass is 35.5. The van der Waals surface area contributed by atoms with Crippen molar-refractivity contribution in [2.45, 2.75) is 4.90 Å². The topological polar surface area (TPSA) is 123 Å². The van der Waals surface area contributed by atoms with E-state index in [9.17, 15) is 8.42 Å². The molecule has 0 unspecified atom stereocenters. The molecular formula is C11H12ClN5O3S. The number of aryl methyl sites for hydroxylation is 1. The zero-order chi connectivity index (χ0) is 15.6. The third kappa shape index (κ3) is 3.26. The van der Waals surface area contributed by atoms with Crippen LogP contribution in [0.5, 0.6) is 0 Å². The highest BCUT2D eigenvalue weighted by molar-refractivity contribution is 7.92. The van der Waals surface area contributed by atoms with Crippen molar-refractivity contribution in [3.8, 4) is 0 Å². The second kappa shape index (κ2) is 5.62. The number of sulfonamides is 1. The van der Waals surface area contributed by atoms with Gasteiger partial charge in [-0.3, -0.25) is 9.40 Å². The van der Waals surface area contributed by atoms with Crippen LogP contribution in [0, 0.1) is 0 Å². The number of benzene rings is 1.